The highest BCUT2D eigenvalue weighted by atomic mass is 19.1. The van der Waals surface area contributed by atoms with Gasteiger partial charge in [0.05, 0.1) is 22.9 Å². The number of amides is 1. The number of benzene rings is 1. The number of hydroxylamine groups is 1. The van der Waals surface area contributed by atoms with Gasteiger partial charge in [0.15, 0.2) is 0 Å². The average Bonchev–Trinajstić information content (AvgIpc) is 2.96. The number of nitrogens with one attached hydrogen (secondary N) is 2. The maximum Gasteiger partial charge on any atom is 0.278 e. The van der Waals surface area contributed by atoms with E-state index < -0.39 is 17.8 Å². The maximum atomic E-state index is 14.2. The van der Waals surface area contributed by atoms with Crippen LogP contribution in [-0.2, 0) is 4.84 Å². The maximum absolute atomic E-state index is 14.2. The van der Waals surface area contributed by atoms with Gasteiger partial charge >= 0.3 is 0 Å². The summed E-state index contributed by atoms with van der Waals surface area (Å²) < 4.78 is 15.9. The largest absolute Gasteiger partial charge is 0.391 e. The summed E-state index contributed by atoms with van der Waals surface area (Å²) in [6.45, 7) is 3.29. The Hall–Kier alpha value is -2.97. The van der Waals surface area contributed by atoms with E-state index in [0.29, 0.717) is 11.3 Å². The van der Waals surface area contributed by atoms with E-state index in [2.05, 4.69) is 15.8 Å². The minimum Gasteiger partial charge on any atom is -0.391 e. The summed E-state index contributed by atoms with van der Waals surface area (Å²) >= 11 is 0. The number of anilines is 2. The molecule has 0 saturated heterocycles. The van der Waals surface area contributed by atoms with Gasteiger partial charge in [0.25, 0.3) is 5.91 Å². The van der Waals surface area contributed by atoms with E-state index in [4.69, 9.17) is 4.84 Å². The van der Waals surface area contributed by atoms with Gasteiger partial charge in [0, 0.05) is 6.20 Å². The molecule has 0 aliphatic rings. The lowest BCUT2D eigenvalue weighted by Crippen LogP contribution is -2.27. The number of fused-ring (bicyclic) bond motifs is 1. The molecule has 136 valence electrons. The van der Waals surface area contributed by atoms with E-state index in [0.717, 1.165) is 5.56 Å². The molecule has 3 rings (SSSR count). The van der Waals surface area contributed by atoms with Gasteiger partial charge in [0.1, 0.15) is 24.6 Å². The van der Waals surface area contributed by atoms with Crippen LogP contribution < -0.4 is 10.8 Å². The number of aliphatic hydroxyl groups is 1. The van der Waals surface area contributed by atoms with Crippen molar-refractivity contribution in [2.24, 2.45) is 0 Å². The average molecular weight is 358 g/mol. The molecular weight excluding hydrogens is 339 g/mol. The normalized spacial score (nSPS) is 12.2. The van der Waals surface area contributed by atoms with Crippen molar-refractivity contribution in [1.82, 2.24) is 14.9 Å². The predicted molar refractivity (Wildman–Crippen MR) is 94.7 cm³/mol. The van der Waals surface area contributed by atoms with Crippen molar-refractivity contribution < 1.29 is 19.1 Å². The van der Waals surface area contributed by atoms with Gasteiger partial charge in [-0.15, -0.1) is 0 Å². The molecule has 1 atom stereocenters. The molecule has 0 unspecified atom stereocenters. The van der Waals surface area contributed by atoms with Crippen molar-refractivity contribution in [3.05, 3.63) is 59.8 Å². The monoisotopic (exact) mass is 358 g/mol. The molecule has 8 heteroatoms. The van der Waals surface area contributed by atoms with E-state index >= 15 is 0 Å². The number of aryl methyl sites for hydroxylation is 1. The van der Waals surface area contributed by atoms with Gasteiger partial charge in [-0.25, -0.2) is 14.9 Å². The number of carbonyl (C=O) groups is 1. The quantitative estimate of drug-likeness (QED) is 0.590. The fourth-order valence-electron chi connectivity index (χ4n) is 2.45. The van der Waals surface area contributed by atoms with Crippen molar-refractivity contribution in [3.8, 4) is 0 Å². The molecular formula is C18H19FN4O3. The second-order valence-electron chi connectivity index (χ2n) is 5.98. The Morgan fingerprint density at radius 2 is 2.19 bits per heavy atom. The molecule has 2 heterocycles. The highest BCUT2D eigenvalue weighted by molar-refractivity contribution is 6.01. The Labute approximate surface area is 149 Å². The van der Waals surface area contributed by atoms with Gasteiger partial charge in [-0.05, 0) is 43.7 Å². The van der Waals surface area contributed by atoms with E-state index in [1.165, 1.54) is 19.3 Å². The van der Waals surface area contributed by atoms with Crippen LogP contribution in [-0.4, -0.2) is 33.1 Å². The second-order valence-corrected chi connectivity index (χ2v) is 5.98. The minimum absolute atomic E-state index is 0.0456. The molecule has 0 spiro atoms. The van der Waals surface area contributed by atoms with Gasteiger partial charge in [-0.1, -0.05) is 6.07 Å². The van der Waals surface area contributed by atoms with E-state index in [1.54, 1.807) is 41.8 Å². The van der Waals surface area contributed by atoms with Crippen molar-refractivity contribution in [1.29, 1.82) is 0 Å². The van der Waals surface area contributed by atoms with Gasteiger partial charge < -0.3 is 10.4 Å². The molecule has 1 amide bonds. The first-order chi connectivity index (χ1) is 12.5. The molecule has 3 N–H and O–H groups in total. The van der Waals surface area contributed by atoms with Crippen molar-refractivity contribution >= 4 is 22.9 Å². The number of aliphatic hydroxyl groups excluding tert-OH is 1. The van der Waals surface area contributed by atoms with Crippen LogP contribution >= 0.6 is 0 Å². The van der Waals surface area contributed by atoms with Crippen LogP contribution in [0.1, 0.15) is 22.8 Å². The smallest absolute Gasteiger partial charge is 0.278 e. The lowest BCUT2D eigenvalue weighted by Gasteiger charge is -2.12. The fraction of sp³-hybridized carbons (Fsp3) is 0.222. The summed E-state index contributed by atoms with van der Waals surface area (Å²) in [6, 6.07) is 8.14. The van der Waals surface area contributed by atoms with Crippen LogP contribution in [0.3, 0.4) is 0 Å². The van der Waals surface area contributed by atoms with Gasteiger partial charge in [-0.3, -0.25) is 14.0 Å². The molecule has 0 aliphatic carbocycles. The van der Waals surface area contributed by atoms with Crippen LogP contribution in [0.2, 0.25) is 0 Å². The molecule has 0 saturated carbocycles. The number of aromatic nitrogens is 2. The van der Waals surface area contributed by atoms with Crippen LogP contribution in [0.5, 0.6) is 0 Å². The number of carbonyl (C=O) groups excluding carboxylic acids is 1. The third kappa shape index (κ3) is 3.81. The minimum atomic E-state index is -0.716. The van der Waals surface area contributed by atoms with Crippen molar-refractivity contribution in [2.45, 2.75) is 20.0 Å². The zero-order valence-corrected chi connectivity index (χ0v) is 14.4. The molecule has 7 nitrogen and oxygen atoms in total. The molecule has 0 radical (unpaired) electrons. The topological polar surface area (TPSA) is 87.9 Å². The number of nitrogens with zero attached hydrogens (tertiary/aromatic N) is 2. The Bertz CT molecular complexity index is 939. The van der Waals surface area contributed by atoms with Crippen molar-refractivity contribution in [3.63, 3.8) is 0 Å². The molecule has 0 bridgehead atoms. The molecule has 26 heavy (non-hydrogen) atoms. The molecule has 2 aromatic heterocycles. The Balaban J connectivity index is 1.95. The fourth-order valence-corrected chi connectivity index (χ4v) is 2.45. The zero-order chi connectivity index (χ0) is 18.7. The predicted octanol–water partition coefficient (Wildman–Crippen LogP) is 2.57. The van der Waals surface area contributed by atoms with Crippen LogP contribution in [0, 0.1) is 12.7 Å². The first kappa shape index (κ1) is 17.8. The SMILES string of the molecule is Cc1ccc(Nc2c(C(=O)NOC[C@H](C)O)cc3ccncn23)c(F)c1. The molecule has 3 aromatic rings. The van der Waals surface area contributed by atoms with Crippen LogP contribution in [0.4, 0.5) is 15.9 Å². The summed E-state index contributed by atoms with van der Waals surface area (Å²) in [5.74, 6) is -0.598. The number of hydrogen-bond acceptors (Lipinski definition) is 5. The summed E-state index contributed by atoms with van der Waals surface area (Å²) in [7, 11) is 0. The number of halogens is 1. The van der Waals surface area contributed by atoms with Gasteiger partial charge in [0.2, 0.25) is 0 Å². The zero-order valence-electron chi connectivity index (χ0n) is 14.4. The summed E-state index contributed by atoms with van der Waals surface area (Å²) in [5.41, 5.74) is 4.26. The third-order valence-corrected chi connectivity index (χ3v) is 3.69. The third-order valence-electron chi connectivity index (χ3n) is 3.69. The number of hydrogen-bond donors (Lipinski definition) is 3. The van der Waals surface area contributed by atoms with E-state index in [9.17, 15) is 14.3 Å². The molecule has 0 aliphatic heterocycles. The number of rotatable bonds is 6. The summed E-state index contributed by atoms with van der Waals surface area (Å²) in [6.07, 6.45) is 2.40. The molecule has 0 fully saturated rings. The van der Waals surface area contributed by atoms with Crippen LogP contribution in [0.15, 0.2) is 42.9 Å². The first-order valence-corrected chi connectivity index (χ1v) is 8.04. The lowest BCUT2D eigenvalue weighted by atomic mass is 10.2. The Kier molecular flexibility index (Phi) is 5.15. The standard InChI is InChI=1S/C18H19FN4O3/c1-11-3-4-16(15(19)7-11)21-17-14(18(25)22-26-9-12(2)24)8-13-5-6-20-10-23(13)17/h3-8,10,12,21,24H,9H2,1-2H3,(H,22,25)/t12-/m0/s1. The highest BCUT2D eigenvalue weighted by Gasteiger charge is 2.19. The van der Waals surface area contributed by atoms with Crippen LogP contribution in [0.25, 0.3) is 5.52 Å². The Morgan fingerprint density at radius 1 is 1.38 bits per heavy atom. The van der Waals surface area contributed by atoms with E-state index in [-0.39, 0.29) is 17.9 Å². The molecule has 1 aromatic carbocycles. The van der Waals surface area contributed by atoms with Gasteiger partial charge in [-0.2, -0.15) is 0 Å². The second kappa shape index (κ2) is 7.51. The first-order valence-electron chi connectivity index (χ1n) is 8.04. The lowest BCUT2D eigenvalue weighted by molar-refractivity contribution is -0.00681. The van der Waals surface area contributed by atoms with E-state index in [1.807, 2.05) is 0 Å². The Morgan fingerprint density at radius 3 is 2.92 bits per heavy atom. The summed E-state index contributed by atoms with van der Waals surface area (Å²) in [5, 5.41) is 12.2. The highest BCUT2D eigenvalue weighted by Crippen LogP contribution is 2.27. The summed E-state index contributed by atoms with van der Waals surface area (Å²) in [4.78, 5) is 21.5. The van der Waals surface area contributed by atoms with Crippen molar-refractivity contribution in [2.75, 3.05) is 11.9 Å².